The van der Waals surface area contributed by atoms with Gasteiger partial charge in [0.05, 0.1) is 6.26 Å². The number of amides is 2. The number of aryl methyl sites for hydroxylation is 1. The quantitative estimate of drug-likeness (QED) is 0.857. The standard InChI is InChI=1S/C11H12N4O3S/c1-7-14-15-11(19-7)13-9(16)4-5-12-10(17)8-3-2-6-18-8/h2-3,6H,4-5H2,1H3,(H,12,17)(H,13,15,16). The Labute approximate surface area is 113 Å². The van der Waals surface area contributed by atoms with Crippen LogP contribution in [0.1, 0.15) is 22.0 Å². The smallest absolute Gasteiger partial charge is 0.286 e. The molecule has 100 valence electrons. The van der Waals surface area contributed by atoms with Crippen molar-refractivity contribution in [2.45, 2.75) is 13.3 Å². The van der Waals surface area contributed by atoms with Crippen molar-refractivity contribution in [3.8, 4) is 0 Å². The molecule has 0 fully saturated rings. The molecule has 0 atom stereocenters. The van der Waals surface area contributed by atoms with Gasteiger partial charge in [0, 0.05) is 13.0 Å². The topological polar surface area (TPSA) is 97.1 Å². The maximum absolute atomic E-state index is 11.5. The van der Waals surface area contributed by atoms with Crippen molar-refractivity contribution in [2.24, 2.45) is 0 Å². The van der Waals surface area contributed by atoms with Gasteiger partial charge in [-0.3, -0.25) is 9.59 Å². The van der Waals surface area contributed by atoms with Gasteiger partial charge in [0.2, 0.25) is 11.0 Å². The van der Waals surface area contributed by atoms with E-state index in [0.717, 1.165) is 5.01 Å². The molecule has 2 N–H and O–H groups in total. The predicted molar refractivity (Wildman–Crippen MR) is 68.9 cm³/mol. The normalized spacial score (nSPS) is 10.2. The molecule has 7 nitrogen and oxygen atoms in total. The zero-order chi connectivity index (χ0) is 13.7. The van der Waals surface area contributed by atoms with Crippen LogP contribution in [0.15, 0.2) is 22.8 Å². The van der Waals surface area contributed by atoms with Gasteiger partial charge in [-0.25, -0.2) is 0 Å². The lowest BCUT2D eigenvalue weighted by Gasteiger charge is -2.02. The number of aromatic nitrogens is 2. The number of furan rings is 1. The average Bonchev–Trinajstić information content (AvgIpc) is 3.00. The first-order chi connectivity index (χ1) is 9.15. The predicted octanol–water partition coefficient (Wildman–Crippen LogP) is 1.20. The van der Waals surface area contributed by atoms with Gasteiger partial charge in [-0.15, -0.1) is 10.2 Å². The maximum Gasteiger partial charge on any atom is 0.286 e. The lowest BCUT2D eigenvalue weighted by molar-refractivity contribution is -0.116. The van der Waals surface area contributed by atoms with E-state index in [1.54, 1.807) is 19.1 Å². The summed E-state index contributed by atoms with van der Waals surface area (Å²) in [6.45, 7) is 2.03. The molecule has 0 unspecified atom stereocenters. The summed E-state index contributed by atoms with van der Waals surface area (Å²) in [5.74, 6) is -0.347. The summed E-state index contributed by atoms with van der Waals surface area (Å²) in [7, 11) is 0. The molecule has 0 spiro atoms. The molecule has 8 heteroatoms. The number of carbonyl (C=O) groups excluding carboxylic acids is 2. The van der Waals surface area contributed by atoms with Crippen molar-refractivity contribution in [3.05, 3.63) is 29.2 Å². The van der Waals surface area contributed by atoms with Gasteiger partial charge in [0.15, 0.2) is 5.76 Å². The molecule has 2 amide bonds. The second-order valence-electron chi connectivity index (χ2n) is 3.66. The summed E-state index contributed by atoms with van der Waals surface area (Å²) in [6.07, 6.45) is 1.57. The number of hydrogen-bond donors (Lipinski definition) is 2. The highest BCUT2D eigenvalue weighted by molar-refractivity contribution is 7.15. The number of nitrogens with one attached hydrogen (secondary N) is 2. The van der Waals surface area contributed by atoms with Gasteiger partial charge >= 0.3 is 0 Å². The highest BCUT2D eigenvalue weighted by atomic mass is 32.1. The number of hydrogen-bond acceptors (Lipinski definition) is 6. The highest BCUT2D eigenvalue weighted by Gasteiger charge is 2.10. The van der Waals surface area contributed by atoms with Crippen molar-refractivity contribution in [2.75, 3.05) is 11.9 Å². The molecule has 19 heavy (non-hydrogen) atoms. The largest absolute Gasteiger partial charge is 0.459 e. The van der Waals surface area contributed by atoms with Gasteiger partial charge in [0.1, 0.15) is 5.01 Å². The van der Waals surface area contributed by atoms with Crippen LogP contribution in [0.3, 0.4) is 0 Å². The molecule has 2 heterocycles. The Bertz CT molecular complexity index is 564. The second kappa shape index (κ2) is 6.10. The molecule has 2 rings (SSSR count). The zero-order valence-electron chi connectivity index (χ0n) is 10.2. The van der Waals surface area contributed by atoms with Gasteiger partial charge in [-0.1, -0.05) is 11.3 Å². The van der Waals surface area contributed by atoms with Crippen LogP contribution in [0.4, 0.5) is 5.13 Å². The first-order valence-electron chi connectivity index (χ1n) is 5.57. The molecule has 0 aliphatic carbocycles. The number of rotatable bonds is 5. The molecule has 0 saturated heterocycles. The van der Waals surface area contributed by atoms with E-state index in [4.69, 9.17) is 4.42 Å². The fourth-order valence-corrected chi connectivity index (χ4v) is 1.92. The summed E-state index contributed by atoms with van der Waals surface area (Å²) in [5.41, 5.74) is 0. The Balaban J connectivity index is 1.71. The Morgan fingerprint density at radius 1 is 1.42 bits per heavy atom. The van der Waals surface area contributed by atoms with Crippen LogP contribution in [0.25, 0.3) is 0 Å². The summed E-state index contributed by atoms with van der Waals surface area (Å²) >= 11 is 1.30. The van der Waals surface area contributed by atoms with E-state index < -0.39 is 0 Å². The van der Waals surface area contributed by atoms with Gasteiger partial charge in [-0.2, -0.15) is 0 Å². The van der Waals surface area contributed by atoms with E-state index in [9.17, 15) is 9.59 Å². The molecule has 2 aromatic rings. The van der Waals surface area contributed by atoms with Crippen LogP contribution in [-0.4, -0.2) is 28.6 Å². The van der Waals surface area contributed by atoms with Gasteiger partial charge in [-0.05, 0) is 19.1 Å². The number of anilines is 1. The monoisotopic (exact) mass is 280 g/mol. The molecule has 0 saturated carbocycles. The molecule has 0 radical (unpaired) electrons. The summed E-state index contributed by atoms with van der Waals surface area (Å²) < 4.78 is 4.92. The van der Waals surface area contributed by atoms with Gasteiger partial charge in [0.25, 0.3) is 5.91 Å². The fraction of sp³-hybridized carbons (Fsp3) is 0.273. The molecule has 0 bridgehead atoms. The highest BCUT2D eigenvalue weighted by Crippen LogP contribution is 2.13. The first-order valence-corrected chi connectivity index (χ1v) is 6.38. The van der Waals surface area contributed by atoms with E-state index in [2.05, 4.69) is 20.8 Å². The van der Waals surface area contributed by atoms with Crippen LogP contribution in [0.5, 0.6) is 0 Å². The minimum Gasteiger partial charge on any atom is -0.459 e. The minimum absolute atomic E-state index is 0.158. The summed E-state index contributed by atoms with van der Waals surface area (Å²) in [4.78, 5) is 23.0. The molecular weight excluding hydrogens is 268 g/mol. The van der Waals surface area contributed by atoms with Gasteiger partial charge < -0.3 is 15.1 Å². The summed E-state index contributed by atoms with van der Waals surface area (Å²) in [5, 5.41) is 14.0. The van der Waals surface area contributed by atoms with Crippen molar-refractivity contribution in [3.63, 3.8) is 0 Å². The number of carbonyl (C=O) groups is 2. The SMILES string of the molecule is Cc1nnc(NC(=O)CCNC(=O)c2ccco2)s1. The van der Waals surface area contributed by atoms with Crippen molar-refractivity contribution >= 4 is 28.3 Å². The van der Waals surface area contributed by atoms with Crippen LogP contribution in [0, 0.1) is 6.92 Å². The van der Waals surface area contributed by atoms with Crippen molar-refractivity contribution in [1.82, 2.24) is 15.5 Å². The first kappa shape index (κ1) is 13.2. The molecule has 0 aromatic carbocycles. The molecular formula is C11H12N4O3S. The zero-order valence-corrected chi connectivity index (χ0v) is 11.0. The number of nitrogens with zero attached hydrogens (tertiary/aromatic N) is 2. The van der Waals surface area contributed by atoms with Crippen molar-refractivity contribution in [1.29, 1.82) is 0 Å². The maximum atomic E-state index is 11.5. The average molecular weight is 280 g/mol. The molecule has 0 aliphatic rings. The van der Waals surface area contributed by atoms with Crippen LogP contribution < -0.4 is 10.6 Å². The molecule has 2 aromatic heterocycles. The lowest BCUT2D eigenvalue weighted by atomic mass is 10.3. The third-order valence-electron chi connectivity index (χ3n) is 2.15. The van der Waals surface area contributed by atoms with Crippen LogP contribution >= 0.6 is 11.3 Å². The van der Waals surface area contributed by atoms with E-state index in [0.29, 0.717) is 5.13 Å². The third kappa shape index (κ3) is 3.88. The Hall–Kier alpha value is -2.22. The van der Waals surface area contributed by atoms with Crippen molar-refractivity contribution < 1.29 is 14.0 Å². The Kier molecular flexibility index (Phi) is 4.24. The van der Waals surface area contributed by atoms with Crippen LogP contribution in [-0.2, 0) is 4.79 Å². The third-order valence-corrected chi connectivity index (χ3v) is 2.91. The van der Waals surface area contributed by atoms with Crippen LogP contribution in [0.2, 0.25) is 0 Å². The Morgan fingerprint density at radius 3 is 2.89 bits per heavy atom. The molecule has 0 aliphatic heterocycles. The Morgan fingerprint density at radius 2 is 2.26 bits per heavy atom. The lowest BCUT2D eigenvalue weighted by Crippen LogP contribution is -2.27. The van der Waals surface area contributed by atoms with E-state index in [-0.39, 0.29) is 30.5 Å². The summed E-state index contributed by atoms with van der Waals surface area (Å²) in [6, 6.07) is 3.18. The van der Waals surface area contributed by atoms with E-state index >= 15 is 0 Å². The fourth-order valence-electron chi connectivity index (χ4n) is 1.31. The van der Waals surface area contributed by atoms with E-state index in [1.807, 2.05) is 0 Å². The minimum atomic E-state index is -0.343. The van der Waals surface area contributed by atoms with E-state index in [1.165, 1.54) is 17.6 Å². The second-order valence-corrected chi connectivity index (χ2v) is 4.84.